The van der Waals surface area contributed by atoms with Gasteiger partial charge < -0.3 is 9.32 Å². The van der Waals surface area contributed by atoms with Crippen molar-refractivity contribution in [1.29, 1.82) is 0 Å². The first-order chi connectivity index (χ1) is 28.7. The third-order valence-corrected chi connectivity index (χ3v) is 11.0. The summed E-state index contributed by atoms with van der Waals surface area (Å²) >= 11 is 0. The van der Waals surface area contributed by atoms with Gasteiger partial charge in [0, 0.05) is 44.3 Å². The molecule has 0 spiro atoms. The van der Waals surface area contributed by atoms with Crippen LogP contribution in [0.25, 0.3) is 88.5 Å². The van der Waals surface area contributed by atoms with Crippen molar-refractivity contribution in [3.05, 3.63) is 212 Å². The predicted octanol–water partition coefficient (Wildman–Crippen LogP) is 14.8. The Balaban J connectivity index is 1.10. The number of hydrogen-bond acceptors (Lipinski definition) is 4. The maximum atomic E-state index is 6.85. The van der Waals surface area contributed by atoms with E-state index in [0.29, 0.717) is 5.82 Å². The fourth-order valence-electron chi connectivity index (χ4n) is 8.19. The van der Waals surface area contributed by atoms with Crippen LogP contribution in [0.15, 0.2) is 217 Å². The van der Waals surface area contributed by atoms with Gasteiger partial charge in [-0.15, -0.1) is 0 Å². The molecule has 0 bridgehead atoms. The number of aromatic nitrogens is 2. The molecule has 0 fully saturated rings. The monoisotopic (exact) mass is 741 g/mol. The van der Waals surface area contributed by atoms with E-state index < -0.39 is 0 Å². The molecule has 11 rings (SSSR count). The third-order valence-electron chi connectivity index (χ3n) is 11.0. The molecule has 0 N–H and O–H groups in total. The Morgan fingerprint density at radius 3 is 1.71 bits per heavy atom. The minimum Gasteiger partial charge on any atom is -0.455 e. The normalized spacial score (nSPS) is 11.4. The highest BCUT2D eigenvalue weighted by atomic mass is 16.3. The van der Waals surface area contributed by atoms with E-state index in [1.165, 1.54) is 16.5 Å². The van der Waals surface area contributed by atoms with E-state index in [0.717, 1.165) is 83.2 Å². The SMILES string of the molecule is c1ccc(-c2ccc(N(c3ccccc3)c3cccc(-c4nc(-c5cc(-c6ccccc6)cc6c5oc5cc7ccccc7cc56)c5ccccc5n4)c3)cc2)cc1. The Kier molecular flexibility index (Phi) is 8.11. The van der Waals surface area contributed by atoms with E-state index in [9.17, 15) is 0 Å². The molecule has 272 valence electrons. The van der Waals surface area contributed by atoms with Gasteiger partial charge in [-0.2, -0.15) is 0 Å². The van der Waals surface area contributed by atoms with Crippen molar-refractivity contribution in [2.45, 2.75) is 0 Å². The number of rotatable bonds is 7. The zero-order valence-electron chi connectivity index (χ0n) is 31.5. The summed E-state index contributed by atoms with van der Waals surface area (Å²) < 4.78 is 6.85. The first-order valence-electron chi connectivity index (χ1n) is 19.6. The van der Waals surface area contributed by atoms with Crippen LogP contribution in [0.1, 0.15) is 0 Å². The molecule has 2 heterocycles. The Morgan fingerprint density at radius 2 is 0.948 bits per heavy atom. The lowest BCUT2D eigenvalue weighted by Crippen LogP contribution is -2.10. The summed E-state index contributed by atoms with van der Waals surface area (Å²) in [7, 11) is 0. The average molecular weight is 742 g/mol. The Labute approximate surface area is 335 Å². The maximum absolute atomic E-state index is 6.85. The minimum absolute atomic E-state index is 0.642. The van der Waals surface area contributed by atoms with Gasteiger partial charge in [0.2, 0.25) is 0 Å². The van der Waals surface area contributed by atoms with Gasteiger partial charge in [0.05, 0.1) is 11.2 Å². The Bertz CT molecular complexity index is 3270. The largest absolute Gasteiger partial charge is 0.455 e. The van der Waals surface area contributed by atoms with Crippen LogP contribution in [0, 0.1) is 0 Å². The molecule has 0 unspecified atom stereocenters. The number of anilines is 3. The van der Waals surface area contributed by atoms with Crippen LogP contribution in [-0.4, -0.2) is 9.97 Å². The molecule has 0 aliphatic rings. The average Bonchev–Trinajstić information content (AvgIpc) is 3.66. The van der Waals surface area contributed by atoms with E-state index in [1.54, 1.807) is 0 Å². The lowest BCUT2D eigenvalue weighted by Gasteiger charge is -2.26. The van der Waals surface area contributed by atoms with Crippen molar-refractivity contribution >= 4 is 60.7 Å². The summed E-state index contributed by atoms with van der Waals surface area (Å²) in [6.07, 6.45) is 0. The summed E-state index contributed by atoms with van der Waals surface area (Å²) in [6.45, 7) is 0. The molecule has 9 aromatic carbocycles. The zero-order valence-corrected chi connectivity index (χ0v) is 31.5. The molecule has 2 aromatic heterocycles. The van der Waals surface area contributed by atoms with E-state index in [1.807, 2.05) is 12.1 Å². The first-order valence-corrected chi connectivity index (χ1v) is 19.6. The van der Waals surface area contributed by atoms with Crippen LogP contribution < -0.4 is 4.90 Å². The van der Waals surface area contributed by atoms with Crippen LogP contribution in [0.3, 0.4) is 0 Å². The summed E-state index contributed by atoms with van der Waals surface area (Å²) in [5, 5.41) is 5.42. The lowest BCUT2D eigenvalue weighted by molar-refractivity contribution is 0.670. The highest BCUT2D eigenvalue weighted by Crippen LogP contribution is 2.43. The van der Waals surface area contributed by atoms with Gasteiger partial charge in [0.1, 0.15) is 11.2 Å². The van der Waals surface area contributed by atoms with E-state index in [-0.39, 0.29) is 0 Å². The molecule has 11 aromatic rings. The van der Waals surface area contributed by atoms with Crippen LogP contribution in [0.5, 0.6) is 0 Å². The van der Waals surface area contributed by atoms with Crippen LogP contribution in [0.2, 0.25) is 0 Å². The predicted molar refractivity (Wildman–Crippen MR) is 241 cm³/mol. The topological polar surface area (TPSA) is 42.2 Å². The number of fused-ring (bicyclic) bond motifs is 5. The Hall–Kier alpha value is -7.82. The number of benzene rings is 9. The van der Waals surface area contributed by atoms with Crippen molar-refractivity contribution in [3.8, 4) is 44.9 Å². The van der Waals surface area contributed by atoms with E-state index in [4.69, 9.17) is 14.4 Å². The lowest BCUT2D eigenvalue weighted by atomic mass is 9.96. The van der Waals surface area contributed by atoms with Gasteiger partial charge in [-0.1, -0.05) is 146 Å². The molecule has 0 radical (unpaired) electrons. The zero-order chi connectivity index (χ0) is 38.4. The smallest absolute Gasteiger partial charge is 0.160 e. The fraction of sp³-hybridized carbons (Fsp3) is 0. The molecule has 4 heteroatoms. The van der Waals surface area contributed by atoms with Crippen LogP contribution >= 0.6 is 0 Å². The molecule has 58 heavy (non-hydrogen) atoms. The molecule has 0 amide bonds. The molecule has 0 saturated carbocycles. The second-order valence-electron chi connectivity index (χ2n) is 14.6. The van der Waals surface area contributed by atoms with Crippen molar-refractivity contribution in [1.82, 2.24) is 9.97 Å². The molecular formula is C54H35N3O. The first kappa shape index (κ1) is 33.5. The highest BCUT2D eigenvalue weighted by Gasteiger charge is 2.21. The van der Waals surface area contributed by atoms with Crippen LogP contribution in [-0.2, 0) is 0 Å². The summed E-state index contributed by atoms with van der Waals surface area (Å²) in [6, 6.07) is 74.4. The van der Waals surface area contributed by atoms with E-state index in [2.05, 4.69) is 205 Å². The van der Waals surface area contributed by atoms with Gasteiger partial charge in [-0.25, -0.2) is 9.97 Å². The number of nitrogens with zero attached hydrogens (tertiary/aromatic N) is 3. The second kappa shape index (κ2) is 14.0. The summed E-state index contributed by atoms with van der Waals surface area (Å²) in [5.74, 6) is 0.642. The molecule has 0 atom stereocenters. The molecule has 0 aliphatic heterocycles. The number of para-hydroxylation sites is 2. The van der Waals surface area contributed by atoms with Gasteiger partial charge >= 0.3 is 0 Å². The fourth-order valence-corrected chi connectivity index (χ4v) is 8.19. The maximum Gasteiger partial charge on any atom is 0.160 e. The van der Waals surface area contributed by atoms with Gasteiger partial charge in [0.15, 0.2) is 5.82 Å². The quantitative estimate of drug-likeness (QED) is 0.163. The molecular weight excluding hydrogens is 707 g/mol. The molecule has 0 saturated heterocycles. The van der Waals surface area contributed by atoms with Gasteiger partial charge in [-0.3, -0.25) is 0 Å². The molecule has 4 nitrogen and oxygen atoms in total. The van der Waals surface area contributed by atoms with Crippen molar-refractivity contribution in [2.75, 3.05) is 4.90 Å². The summed E-state index contributed by atoms with van der Waals surface area (Å²) in [5.41, 5.74) is 12.9. The van der Waals surface area contributed by atoms with Gasteiger partial charge in [-0.05, 0) is 99.8 Å². The number of hydrogen-bond donors (Lipinski definition) is 0. The minimum atomic E-state index is 0.642. The van der Waals surface area contributed by atoms with E-state index >= 15 is 0 Å². The highest BCUT2D eigenvalue weighted by molar-refractivity contribution is 6.15. The van der Waals surface area contributed by atoms with Crippen LogP contribution in [0.4, 0.5) is 17.1 Å². The van der Waals surface area contributed by atoms with Crippen molar-refractivity contribution < 1.29 is 4.42 Å². The standard InChI is InChI=1S/C54H35N3O/c1-4-15-36(16-5-1)38-27-29-44(30-28-38)57(43-22-8-3-9-23-43)45-24-14-21-41(31-45)54-55-50-26-13-12-25-46(50)52(56-54)49-34-42(37-17-6-2-7-18-37)33-48-47-32-39-19-10-11-20-40(39)35-51(47)58-53(48)49/h1-35H. The van der Waals surface area contributed by atoms with Gasteiger partial charge in [0.25, 0.3) is 0 Å². The van der Waals surface area contributed by atoms with Crippen molar-refractivity contribution in [3.63, 3.8) is 0 Å². The summed E-state index contributed by atoms with van der Waals surface area (Å²) in [4.78, 5) is 12.9. The van der Waals surface area contributed by atoms with Crippen molar-refractivity contribution in [2.24, 2.45) is 0 Å². The Morgan fingerprint density at radius 1 is 0.362 bits per heavy atom. The third kappa shape index (κ3) is 5.96. The number of furan rings is 1. The molecule has 0 aliphatic carbocycles. The second-order valence-corrected chi connectivity index (χ2v) is 14.6.